The zero-order valence-electron chi connectivity index (χ0n) is 15.2. The number of aromatic nitrogens is 2. The van der Waals surface area contributed by atoms with Crippen molar-refractivity contribution >= 4 is 11.7 Å². The van der Waals surface area contributed by atoms with Gasteiger partial charge in [-0.05, 0) is 36.4 Å². The third-order valence-electron chi connectivity index (χ3n) is 4.75. The number of carbonyl (C=O) groups excluding carboxylic acids is 1. The predicted octanol–water partition coefficient (Wildman–Crippen LogP) is 2.33. The molecule has 3 aromatic rings. The third kappa shape index (κ3) is 3.64. The highest BCUT2D eigenvalue weighted by Crippen LogP contribution is 2.15. The monoisotopic (exact) mass is 378 g/mol. The van der Waals surface area contributed by atoms with E-state index in [1.807, 2.05) is 35.2 Å². The summed E-state index contributed by atoms with van der Waals surface area (Å²) in [4.78, 5) is 28.5. The van der Waals surface area contributed by atoms with Gasteiger partial charge in [0.1, 0.15) is 11.6 Å². The fraction of sp³-hybridized carbons (Fsp3) is 0.190. The van der Waals surface area contributed by atoms with E-state index in [1.54, 1.807) is 17.0 Å². The molecule has 7 heteroatoms. The number of hydrogen-bond donors (Lipinski definition) is 0. The highest BCUT2D eigenvalue weighted by atomic mass is 19.1. The highest BCUT2D eigenvalue weighted by molar-refractivity contribution is 5.94. The Hall–Kier alpha value is -3.48. The Balaban J connectivity index is 1.48. The smallest absolute Gasteiger partial charge is 0.271 e. The third-order valence-corrected chi connectivity index (χ3v) is 4.75. The van der Waals surface area contributed by atoms with Crippen molar-refractivity contribution in [2.24, 2.45) is 0 Å². The summed E-state index contributed by atoms with van der Waals surface area (Å²) < 4.78 is 14.7. The van der Waals surface area contributed by atoms with Gasteiger partial charge in [-0.15, -0.1) is 5.10 Å². The molecule has 0 unspecified atom stereocenters. The van der Waals surface area contributed by atoms with Gasteiger partial charge < -0.3 is 9.80 Å². The standard InChI is InChI=1S/C21H19FN4O2/c22-17-6-4-5-16(15-17)21(28)25-13-11-24(12-14-25)19-9-10-20(27)26(23-19)18-7-2-1-3-8-18/h1-10,15H,11-14H2. The van der Waals surface area contributed by atoms with E-state index >= 15 is 0 Å². The minimum atomic E-state index is -0.420. The number of nitrogens with zero attached hydrogens (tertiary/aromatic N) is 4. The van der Waals surface area contributed by atoms with Crippen molar-refractivity contribution in [3.8, 4) is 5.69 Å². The van der Waals surface area contributed by atoms with Crippen LogP contribution in [0.1, 0.15) is 10.4 Å². The topological polar surface area (TPSA) is 58.4 Å². The highest BCUT2D eigenvalue weighted by Gasteiger charge is 2.23. The summed E-state index contributed by atoms with van der Waals surface area (Å²) in [7, 11) is 0. The molecule has 0 radical (unpaired) electrons. The summed E-state index contributed by atoms with van der Waals surface area (Å²) >= 11 is 0. The molecule has 0 bridgehead atoms. The number of rotatable bonds is 3. The van der Waals surface area contributed by atoms with Crippen molar-refractivity contribution in [3.05, 3.63) is 88.5 Å². The number of piperazine rings is 1. The molecule has 1 aromatic heterocycles. The number of halogens is 1. The van der Waals surface area contributed by atoms with Crippen LogP contribution in [0.2, 0.25) is 0 Å². The van der Waals surface area contributed by atoms with Crippen LogP contribution in [0.15, 0.2) is 71.5 Å². The summed E-state index contributed by atoms with van der Waals surface area (Å²) in [6, 6.07) is 18.2. The molecule has 1 saturated heterocycles. The second-order valence-electron chi connectivity index (χ2n) is 6.57. The summed E-state index contributed by atoms with van der Waals surface area (Å²) in [5.41, 5.74) is 0.855. The molecule has 1 aliphatic heterocycles. The first-order valence-corrected chi connectivity index (χ1v) is 9.07. The zero-order valence-corrected chi connectivity index (χ0v) is 15.2. The van der Waals surface area contributed by atoms with E-state index in [0.29, 0.717) is 43.2 Å². The zero-order chi connectivity index (χ0) is 19.5. The fourth-order valence-corrected chi connectivity index (χ4v) is 3.27. The molecule has 0 N–H and O–H groups in total. The van der Waals surface area contributed by atoms with Crippen molar-refractivity contribution in [2.75, 3.05) is 31.1 Å². The van der Waals surface area contributed by atoms with Gasteiger partial charge in [-0.1, -0.05) is 24.3 Å². The average molecular weight is 378 g/mol. The van der Waals surface area contributed by atoms with E-state index < -0.39 is 5.82 Å². The van der Waals surface area contributed by atoms with E-state index in [9.17, 15) is 14.0 Å². The maximum atomic E-state index is 13.4. The summed E-state index contributed by atoms with van der Waals surface area (Å²) in [5.74, 6) is 0.0829. The Morgan fingerprint density at radius 2 is 1.64 bits per heavy atom. The van der Waals surface area contributed by atoms with E-state index in [-0.39, 0.29) is 11.5 Å². The van der Waals surface area contributed by atoms with Gasteiger partial charge in [-0.2, -0.15) is 4.68 Å². The Morgan fingerprint density at radius 3 is 2.36 bits per heavy atom. The second-order valence-corrected chi connectivity index (χ2v) is 6.57. The van der Waals surface area contributed by atoms with Crippen molar-refractivity contribution in [2.45, 2.75) is 0 Å². The Bertz CT molecular complexity index is 1040. The number of para-hydroxylation sites is 1. The minimum absolute atomic E-state index is 0.179. The first kappa shape index (κ1) is 17.9. The molecule has 1 amide bonds. The van der Waals surface area contributed by atoms with Crippen LogP contribution in [0.4, 0.5) is 10.2 Å². The van der Waals surface area contributed by atoms with Crippen molar-refractivity contribution in [1.29, 1.82) is 0 Å². The van der Waals surface area contributed by atoms with Crippen LogP contribution in [0.3, 0.4) is 0 Å². The van der Waals surface area contributed by atoms with Gasteiger partial charge in [-0.25, -0.2) is 4.39 Å². The molecule has 2 aromatic carbocycles. The Morgan fingerprint density at radius 1 is 0.893 bits per heavy atom. The van der Waals surface area contributed by atoms with Crippen LogP contribution >= 0.6 is 0 Å². The predicted molar refractivity (Wildman–Crippen MR) is 104 cm³/mol. The van der Waals surface area contributed by atoms with Crippen LogP contribution in [-0.2, 0) is 0 Å². The fourth-order valence-electron chi connectivity index (χ4n) is 3.27. The lowest BCUT2D eigenvalue weighted by Gasteiger charge is -2.35. The largest absolute Gasteiger partial charge is 0.352 e. The molecule has 0 aliphatic carbocycles. The quantitative estimate of drug-likeness (QED) is 0.702. The summed E-state index contributed by atoms with van der Waals surface area (Å²) in [6.45, 7) is 2.17. The number of hydrogen-bond acceptors (Lipinski definition) is 4. The molecule has 6 nitrogen and oxygen atoms in total. The van der Waals surface area contributed by atoms with E-state index in [2.05, 4.69) is 5.10 Å². The SMILES string of the molecule is O=C(c1cccc(F)c1)N1CCN(c2ccc(=O)n(-c3ccccc3)n2)CC1. The number of carbonyl (C=O) groups is 1. The number of benzene rings is 2. The summed E-state index contributed by atoms with van der Waals surface area (Å²) in [6.07, 6.45) is 0. The molecule has 4 rings (SSSR count). The Kier molecular flexibility index (Phi) is 4.89. The molecule has 0 atom stereocenters. The maximum Gasteiger partial charge on any atom is 0.271 e. The molecule has 1 aliphatic rings. The van der Waals surface area contributed by atoms with E-state index in [1.165, 1.54) is 28.9 Å². The van der Waals surface area contributed by atoms with Crippen LogP contribution in [0.5, 0.6) is 0 Å². The minimum Gasteiger partial charge on any atom is -0.352 e. The first-order chi connectivity index (χ1) is 13.6. The van der Waals surface area contributed by atoms with Gasteiger partial charge in [0.2, 0.25) is 0 Å². The molecule has 142 valence electrons. The van der Waals surface area contributed by atoms with Gasteiger partial charge in [-0.3, -0.25) is 9.59 Å². The van der Waals surface area contributed by atoms with Crippen molar-refractivity contribution < 1.29 is 9.18 Å². The lowest BCUT2D eigenvalue weighted by Crippen LogP contribution is -2.49. The van der Waals surface area contributed by atoms with Crippen molar-refractivity contribution in [3.63, 3.8) is 0 Å². The van der Waals surface area contributed by atoms with Gasteiger partial charge in [0.05, 0.1) is 5.69 Å². The molecule has 28 heavy (non-hydrogen) atoms. The summed E-state index contributed by atoms with van der Waals surface area (Å²) in [5, 5.41) is 4.48. The second kappa shape index (κ2) is 7.64. The number of amides is 1. The van der Waals surface area contributed by atoms with E-state index in [0.717, 1.165) is 0 Å². The molecule has 0 spiro atoms. The van der Waals surface area contributed by atoms with Crippen LogP contribution in [0, 0.1) is 5.82 Å². The molecule has 0 saturated carbocycles. The molecule has 1 fully saturated rings. The van der Waals surface area contributed by atoms with Gasteiger partial charge in [0.15, 0.2) is 0 Å². The maximum absolute atomic E-state index is 13.4. The molecule has 2 heterocycles. The van der Waals surface area contributed by atoms with Gasteiger partial charge >= 0.3 is 0 Å². The average Bonchev–Trinajstić information content (AvgIpc) is 2.74. The lowest BCUT2D eigenvalue weighted by atomic mass is 10.1. The lowest BCUT2D eigenvalue weighted by molar-refractivity contribution is 0.0746. The van der Waals surface area contributed by atoms with E-state index in [4.69, 9.17) is 0 Å². The van der Waals surface area contributed by atoms with Gasteiger partial charge in [0.25, 0.3) is 11.5 Å². The number of anilines is 1. The molecular formula is C21H19FN4O2. The van der Waals surface area contributed by atoms with Crippen LogP contribution in [-0.4, -0.2) is 46.8 Å². The van der Waals surface area contributed by atoms with Crippen LogP contribution in [0.25, 0.3) is 5.69 Å². The van der Waals surface area contributed by atoms with Gasteiger partial charge in [0, 0.05) is 37.8 Å². The van der Waals surface area contributed by atoms with Crippen LogP contribution < -0.4 is 10.5 Å². The van der Waals surface area contributed by atoms with Crippen molar-refractivity contribution in [1.82, 2.24) is 14.7 Å². The normalized spacial score (nSPS) is 14.2. The Labute approximate surface area is 161 Å². The first-order valence-electron chi connectivity index (χ1n) is 9.07. The molecular weight excluding hydrogens is 359 g/mol.